The molecule has 0 unspecified atom stereocenters. The molecule has 15 heavy (non-hydrogen) atoms. The molecule has 0 saturated heterocycles. The Bertz CT molecular complexity index is 370. The summed E-state index contributed by atoms with van der Waals surface area (Å²) in [5, 5.41) is 5.11. The van der Waals surface area contributed by atoms with Crippen LogP contribution in [0.4, 0.5) is 13.2 Å². The first kappa shape index (κ1) is 11.5. The summed E-state index contributed by atoms with van der Waals surface area (Å²) >= 11 is 0. The average Bonchev–Trinajstić information content (AvgIpc) is 2.59. The monoisotopic (exact) mass is 222 g/mol. The molecule has 1 aromatic heterocycles. The van der Waals surface area contributed by atoms with Crippen molar-refractivity contribution in [2.45, 2.75) is 19.5 Å². The fraction of sp³-hybridized carbons (Fsp3) is 0.500. The van der Waals surface area contributed by atoms with Gasteiger partial charge in [-0.3, -0.25) is 5.10 Å². The van der Waals surface area contributed by atoms with Crippen molar-refractivity contribution < 1.29 is 22.7 Å². The molecule has 1 heterocycles. The van der Waals surface area contributed by atoms with Crippen LogP contribution in [0.15, 0.2) is 0 Å². The third kappa shape index (κ3) is 2.11. The molecule has 0 bridgehead atoms. The Kier molecular flexibility index (Phi) is 3.01. The molecule has 0 amide bonds. The third-order valence-electron chi connectivity index (χ3n) is 1.88. The molecule has 0 spiro atoms. The molecule has 0 atom stereocenters. The number of aromatic amines is 1. The topological polar surface area (TPSA) is 55.0 Å². The SMILES string of the molecule is CCc1c(C(F)(F)F)n[nH]c1C(=O)OC. The zero-order valence-corrected chi connectivity index (χ0v) is 8.10. The number of nitrogens with one attached hydrogen (secondary N) is 1. The number of ether oxygens (including phenoxy) is 1. The quantitative estimate of drug-likeness (QED) is 0.776. The maximum atomic E-state index is 12.4. The molecule has 0 radical (unpaired) electrons. The number of rotatable bonds is 2. The first-order valence-electron chi connectivity index (χ1n) is 4.14. The van der Waals surface area contributed by atoms with E-state index in [9.17, 15) is 18.0 Å². The number of aromatic nitrogens is 2. The number of carbonyl (C=O) groups is 1. The van der Waals surface area contributed by atoms with E-state index in [-0.39, 0.29) is 17.7 Å². The second kappa shape index (κ2) is 3.92. The molecule has 0 aliphatic carbocycles. The van der Waals surface area contributed by atoms with Gasteiger partial charge in [-0.1, -0.05) is 6.92 Å². The molecular weight excluding hydrogens is 213 g/mol. The van der Waals surface area contributed by atoms with Gasteiger partial charge in [0.2, 0.25) is 0 Å². The van der Waals surface area contributed by atoms with E-state index in [1.807, 2.05) is 5.10 Å². The third-order valence-corrected chi connectivity index (χ3v) is 1.88. The number of hydrogen-bond donors (Lipinski definition) is 1. The second-order valence-corrected chi connectivity index (χ2v) is 2.77. The summed E-state index contributed by atoms with van der Waals surface area (Å²) in [6, 6.07) is 0. The Balaban J connectivity index is 3.23. The molecule has 0 aliphatic heterocycles. The number of alkyl halides is 3. The molecule has 0 aliphatic rings. The largest absolute Gasteiger partial charge is 0.464 e. The van der Waals surface area contributed by atoms with Crippen molar-refractivity contribution >= 4 is 5.97 Å². The van der Waals surface area contributed by atoms with Crippen molar-refractivity contribution in [3.8, 4) is 0 Å². The van der Waals surface area contributed by atoms with Crippen molar-refractivity contribution in [2.75, 3.05) is 7.11 Å². The van der Waals surface area contributed by atoms with E-state index in [1.54, 1.807) is 0 Å². The summed E-state index contributed by atoms with van der Waals surface area (Å²) in [5.74, 6) is -0.852. The number of esters is 1. The lowest BCUT2D eigenvalue weighted by atomic mass is 10.1. The van der Waals surface area contributed by atoms with Gasteiger partial charge in [-0.25, -0.2) is 4.79 Å². The van der Waals surface area contributed by atoms with E-state index in [2.05, 4.69) is 9.84 Å². The van der Waals surface area contributed by atoms with E-state index in [1.165, 1.54) is 6.92 Å². The van der Waals surface area contributed by atoms with Crippen LogP contribution >= 0.6 is 0 Å². The maximum Gasteiger partial charge on any atom is 0.435 e. The molecular formula is C8H9F3N2O2. The van der Waals surface area contributed by atoms with E-state index in [0.29, 0.717) is 0 Å². The number of nitrogens with zero attached hydrogens (tertiary/aromatic N) is 1. The summed E-state index contributed by atoms with van der Waals surface area (Å²) in [7, 11) is 1.09. The zero-order chi connectivity index (χ0) is 11.6. The van der Waals surface area contributed by atoms with Crippen LogP contribution in [-0.2, 0) is 17.3 Å². The minimum atomic E-state index is -4.56. The lowest BCUT2D eigenvalue weighted by molar-refractivity contribution is -0.141. The van der Waals surface area contributed by atoms with Crippen LogP contribution in [0, 0.1) is 0 Å². The number of hydrogen-bond acceptors (Lipinski definition) is 3. The Morgan fingerprint density at radius 1 is 1.53 bits per heavy atom. The Morgan fingerprint density at radius 2 is 2.13 bits per heavy atom. The van der Waals surface area contributed by atoms with Crippen LogP contribution in [0.5, 0.6) is 0 Å². The number of methoxy groups -OCH3 is 1. The van der Waals surface area contributed by atoms with E-state index in [0.717, 1.165) is 7.11 Å². The Morgan fingerprint density at radius 3 is 2.53 bits per heavy atom. The highest BCUT2D eigenvalue weighted by molar-refractivity contribution is 5.89. The average molecular weight is 222 g/mol. The molecule has 1 aromatic rings. The van der Waals surface area contributed by atoms with Gasteiger partial charge < -0.3 is 4.74 Å². The van der Waals surface area contributed by atoms with Gasteiger partial charge >= 0.3 is 12.1 Å². The van der Waals surface area contributed by atoms with Crippen LogP contribution in [0.1, 0.15) is 28.7 Å². The van der Waals surface area contributed by atoms with Gasteiger partial charge in [-0.15, -0.1) is 0 Å². The minimum absolute atomic E-state index is 0.0514. The van der Waals surface area contributed by atoms with Crippen molar-refractivity contribution in [1.29, 1.82) is 0 Å². The minimum Gasteiger partial charge on any atom is -0.464 e. The normalized spacial score (nSPS) is 11.5. The standard InChI is InChI=1S/C8H9F3N2O2/c1-3-4-5(7(14)15-2)12-13-6(4)8(9,10)11/h3H2,1-2H3,(H,12,13). The van der Waals surface area contributed by atoms with E-state index in [4.69, 9.17) is 0 Å². The van der Waals surface area contributed by atoms with Crippen molar-refractivity contribution in [1.82, 2.24) is 10.2 Å². The van der Waals surface area contributed by atoms with Gasteiger partial charge in [0, 0.05) is 5.56 Å². The molecule has 1 rings (SSSR count). The van der Waals surface area contributed by atoms with Gasteiger partial charge in [0.15, 0.2) is 5.69 Å². The van der Waals surface area contributed by atoms with Crippen LogP contribution in [-0.4, -0.2) is 23.3 Å². The molecule has 1 N–H and O–H groups in total. The molecule has 0 aromatic carbocycles. The summed E-state index contributed by atoms with van der Waals surface area (Å²) in [6.07, 6.45) is -4.51. The maximum absolute atomic E-state index is 12.4. The smallest absolute Gasteiger partial charge is 0.435 e. The van der Waals surface area contributed by atoms with Crippen LogP contribution in [0.2, 0.25) is 0 Å². The first-order valence-corrected chi connectivity index (χ1v) is 4.14. The highest BCUT2D eigenvalue weighted by Gasteiger charge is 2.38. The Labute approximate surface area is 83.4 Å². The lowest BCUT2D eigenvalue weighted by Crippen LogP contribution is -2.10. The molecule has 84 valence electrons. The lowest BCUT2D eigenvalue weighted by Gasteiger charge is -2.04. The van der Waals surface area contributed by atoms with Gasteiger partial charge in [-0.05, 0) is 6.42 Å². The highest BCUT2D eigenvalue weighted by Crippen LogP contribution is 2.31. The summed E-state index contributed by atoms with van der Waals surface area (Å²) in [5.41, 5.74) is -1.48. The number of halogens is 3. The fourth-order valence-corrected chi connectivity index (χ4v) is 1.21. The molecule has 7 heteroatoms. The molecule has 4 nitrogen and oxygen atoms in total. The summed E-state index contributed by atoms with van der Waals surface area (Å²) in [6.45, 7) is 1.51. The summed E-state index contributed by atoms with van der Waals surface area (Å²) < 4.78 is 41.5. The van der Waals surface area contributed by atoms with Crippen LogP contribution < -0.4 is 0 Å². The fourth-order valence-electron chi connectivity index (χ4n) is 1.21. The zero-order valence-electron chi connectivity index (χ0n) is 8.10. The Hall–Kier alpha value is -1.53. The second-order valence-electron chi connectivity index (χ2n) is 2.77. The van der Waals surface area contributed by atoms with Gasteiger partial charge in [0.05, 0.1) is 7.11 Å². The van der Waals surface area contributed by atoms with Crippen molar-refractivity contribution in [3.63, 3.8) is 0 Å². The number of H-pyrrole nitrogens is 1. The van der Waals surface area contributed by atoms with Crippen LogP contribution in [0.25, 0.3) is 0 Å². The van der Waals surface area contributed by atoms with Crippen molar-refractivity contribution in [3.05, 3.63) is 17.0 Å². The van der Waals surface area contributed by atoms with Gasteiger partial charge in [-0.2, -0.15) is 18.3 Å². The predicted molar refractivity (Wildman–Crippen MR) is 44.3 cm³/mol. The van der Waals surface area contributed by atoms with Crippen LogP contribution in [0.3, 0.4) is 0 Å². The van der Waals surface area contributed by atoms with Gasteiger partial charge in [0.1, 0.15) is 5.69 Å². The van der Waals surface area contributed by atoms with E-state index >= 15 is 0 Å². The van der Waals surface area contributed by atoms with E-state index < -0.39 is 17.8 Å². The molecule has 0 saturated carbocycles. The first-order chi connectivity index (χ1) is 6.91. The van der Waals surface area contributed by atoms with Crippen molar-refractivity contribution in [2.24, 2.45) is 0 Å². The summed E-state index contributed by atoms with van der Waals surface area (Å²) in [4.78, 5) is 11.1. The predicted octanol–water partition coefficient (Wildman–Crippen LogP) is 1.78. The van der Waals surface area contributed by atoms with Gasteiger partial charge in [0.25, 0.3) is 0 Å². The highest BCUT2D eigenvalue weighted by atomic mass is 19.4. The molecule has 0 fully saturated rings. The number of carbonyl (C=O) groups excluding carboxylic acids is 1.